The monoisotopic (exact) mass is 440 g/mol. The number of hydrogen-bond acceptors (Lipinski definition) is 6. The average molecular weight is 440 g/mol. The fourth-order valence-electron chi connectivity index (χ4n) is 2.76. The minimum Gasteiger partial charge on any atom is -0.482 e. The first-order chi connectivity index (χ1) is 14.9. The lowest BCUT2D eigenvalue weighted by molar-refractivity contribution is -0.139. The summed E-state index contributed by atoms with van der Waals surface area (Å²) in [4.78, 5) is 48.7. The third kappa shape index (κ3) is 5.95. The molecule has 2 aromatic carbocycles. The standard InChI is InChI=1S/C22H20N2O6S/c1-2-14-3-7-16(8-4-14)23-19(25)12-24-21(28)18(31-22(24)29)11-15-5-9-17(10-6-15)30-13-20(26)27/h3-11H,2,12-13H2,1H3,(H,23,25)(H,26,27)/b18-11+. The Bertz CT molecular complexity index is 1030. The van der Waals surface area contributed by atoms with E-state index in [1.165, 1.54) is 6.08 Å². The van der Waals surface area contributed by atoms with Crippen molar-refractivity contribution in [1.29, 1.82) is 0 Å². The number of ether oxygens (including phenoxy) is 1. The number of rotatable bonds is 8. The van der Waals surface area contributed by atoms with Crippen molar-refractivity contribution in [3.63, 3.8) is 0 Å². The molecule has 1 fully saturated rings. The van der Waals surface area contributed by atoms with Crippen LogP contribution in [0.25, 0.3) is 6.08 Å². The maximum absolute atomic E-state index is 12.6. The second-order valence-corrected chi connectivity index (χ2v) is 7.61. The highest BCUT2D eigenvalue weighted by molar-refractivity contribution is 8.18. The van der Waals surface area contributed by atoms with Crippen molar-refractivity contribution in [2.75, 3.05) is 18.5 Å². The van der Waals surface area contributed by atoms with Gasteiger partial charge in [-0.3, -0.25) is 19.3 Å². The first-order valence-electron chi connectivity index (χ1n) is 9.44. The predicted octanol–water partition coefficient (Wildman–Crippen LogP) is 3.39. The molecule has 0 aromatic heterocycles. The van der Waals surface area contributed by atoms with Crippen LogP contribution in [0.5, 0.6) is 5.75 Å². The summed E-state index contributed by atoms with van der Waals surface area (Å²) in [6.45, 7) is 1.20. The van der Waals surface area contributed by atoms with E-state index in [1.54, 1.807) is 36.4 Å². The van der Waals surface area contributed by atoms with E-state index in [-0.39, 0.29) is 11.4 Å². The molecule has 0 unspecified atom stereocenters. The van der Waals surface area contributed by atoms with Gasteiger partial charge < -0.3 is 15.2 Å². The van der Waals surface area contributed by atoms with Crippen molar-refractivity contribution < 1.29 is 29.0 Å². The quantitative estimate of drug-likeness (QED) is 0.605. The third-order valence-corrected chi connectivity index (χ3v) is 5.27. The molecule has 1 aliphatic heterocycles. The van der Waals surface area contributed by atoms with Crippen molar-refractivity contribution in [3.05, 3.63) is 64.6 Å². The maximum Gasteiger partial charge on any atom is 0.341 e. The number of benzene rings is 2. The molecule has 1 heterocycles. The van der Waals surface area contributed by atoms with Gasteiger partial charge in [0.2, 0.25) is 5.91 Å². The summed E-state index contributed by atoms with van der Waals surface area (Å²) in [5.74, 6) is -1.72. The van der Waals surface area contributed by atoms with Crippen molar-refractivity contribution in [2.24, 2.45) is 0 Å². The molecule has 0 bridgehead atoms. The summed E-state index contributed by atoms with van der Waals surface area (Å²) in [6.07, 6.45) is 2.42. The molecule has 1 aliphatic rings. The number of imide groups is 1. The van der Waals surface area contributed by atoms with Gasteiger partial charge in [0.15, 0.2) is 6.61 Å². The molecule has 2 aromatic rings. The van der Waals surface area contributed by atoms with Crippen LogP contribution in [0.2, 0.25) is 0 Å². The number of thioether (sulfide) groups is 1. The van der Waals surface area contributed by atoms with E-state index in [9.17, 15) is 19.2 Å². The van der Waals surface area contributed by atoms with Gasteiger partial charge in [0.1, 0.15) is 12.3 Å². The molecule has 9 heteroatoms. The van der Waals surface area contributed by atoms with Crippen molar-refractivity contribution in [3.8, 4) is 5.75 Å². The molecule has 160 valence electrons. The number of carbonyl (C=O) groups excluding carboxylic acids is 3. The van der Waals surface area contributed by atoms with Crippen LogP contribution in [0.4, 0.5) is 10.5 Å². The van der Waals surface area contributed by atoms with Gasteiger partial charge in [-0.05, 0) is 59.7 Å². The van der Waals surface area contributed by atoms with Gasteiger partial charge in [-0.1, -0.05) is 31.2 Å². The van der Waals surface area contributed by atoms with Crippen LogP contribution in [0.15, 0.2) is 53.4 Å². The molecule has 0 saturated carbocycles. The Hall–Kier alpha value is -3.59. The normalized spacial score (nSPS) is 14.7. The molecule has 0 aliphatic carbocycles. The molecule has 3 rings (SSSR count). The fraction of sp³-hybridized carbons (Fsp3) is 0.182. The number of carbonyl (C=O) groups is 4. The number of nitrogens with zero attached hydrogens (tertiary/aromatic N) is 1. The van der Waals surface area contributed by atoms with Crippen molar-refractivity contribution >= 4 is 46.5 Å². The zero-order valence-corrected chi connectivity index (χ0v) is 17.5. The van der Waals surface area contributed by atoms with Crippen LogP contribution in [-0.2, 0) is 20.8 Å². The van der Waals surface area contributed by atoms with Crippen LogP contribution in [0, 0.1) is 0 Å². The number of aliphatic carboxylic acids is 1. The van der Waals surface area contributed by atoms with E-state index in [2.05, 4.69) is 5.32 Å². The van der Waals surface area contributed by atoms with Crippen LogP contribution in [0.1, 0.15) is 18.1 Å². The van der Waals surface area contributed by atoms with Crippen LogP contribution in [0.3, 0.4) is 0 Å². The van der Waals surface area contributed by atoms with Gasteiger partial charge in [-0.15, -0.1) is 0 Å². The van der Waals surface area contributed by atoms with Gasteiger partial charge in [0.05, 0.1) is 4.91 Å². The second kappa shape index (κ2) is 9.94. The summed E-state index contributed by atoms with van der Waals surface area (Å²) in [5.41, 5.74) is 2.36. The van der Waals surface area contributed by atoms with E-state index in [1.807, 2.05) is 19.1 Å². The number of carboxylic acids is 1. The van der Waals surface area contributed by atoms with Gasteiger partial charge in [-0.25, -0.2) is 4.79 Å². The highest BCUT2D eigenvalue weighted by atomic mass is 32.2. The first kappa shape index (κ1) is 22.1. The van der Waals surface area contributed by atoms with Crippen LogP contribution < -0.4 is 10.1 Å². The molecule has 0 spiro atoms. The molecule has 3 amide bonds. The number of amides is 3. The Labute approximate surface area is 182 Å². The lowest BCUT2D eigenvalue weighted by atomic mass is 10.1. The summed E-state index contributed by atoms with van der Waals surface area (Å²) >= 11 is 0.758. The summed E-state index contributed by atoms with van der Waals surface area (Å²) in [7, 11) is 0. The Morgan fingerprint density at radius 2 is 1.77 bits per heavy atom. The Morgan fingerprint density at radius 1 is 1.10 bits per heavy atom. The SMILES string of the molecule is CCc1ccc(NC(=O)CN2C(=O)S/C(=C/c3ccc(OCC(=O)O)cc3)C2=O)cc1. The van der Waals surface area contributed by atoms with E-state index < -0.39 is 29.6 Å². The maximum atomic E-state index is 12.6. The molecular formula is C22H20N2O6S. The van der Waals surface area contributed by atoms with E-state index in [4.69, 9.17) is 9.84 Å². The molecular weight excluding hydrogens is 420 g/mol. The zero-order chi connectivity index (χ0) is 22.4. The van der Waals surface area contributed by atoms with Crippen LogP contribution >= 0.6 is 11.8 Å². The van der Waals surface area contributed by atoms with E-state index in [0.29, 0.717) is 17.0 Å². The van der Waals surface area contributed by atoms with Gasteiger partial charge in [-0.2, -0.15) is 0 Å². The van der Waals surface area contributed by atoms with Crippen molar-refractivity contribution in [1.82, 2.24) is 4.90 Å². The third-order valence-electron chi connectivity index (χ3n) is 4.36. The first-order valence-corrected chi connectivity index (χ1v) is 10.3. The molecule has 8 nitrogen and oxygen atoms in total. The number of hydrogen-bond donors (Lipinski definition) is 2. The van der Waals surface area contributed by atoms with E-state index >= 15 is 0 Å². The van der Waals surface area contributed by atoms with Crippen LogP contribution in [-0.4, -0.2) is 46.2 Å². The molecule has 0 radical (unpaired) electrons. The molecule has 31 heavy (non-hydrogen) atoms. The summed E-state index contributed by atoms with van der Waals surface area (Å²) in [6, 6.07) is 13.7. The Morgan fingerprint density at radius 3 is 2.39 bits per heavy atom. The predicted molar refractivity (Wildman–Crippen MR) is 117 cm³/mol. The van der Waals surface area contributed by atoms with Gasteiger partial charge in [0, 0.05) is 5.69 Å². The highest BCUT2D eigenvalue weighted by Crippen LogP contribution is 2.32. The lowest BCUT2D eigenvalue weighted by Gasteiger charge is -2.12. The number of nitrogens with one attached hydrogen (secondary N) is 1. The lowest BCUT2D eigenvalue weighted by Crippen LogP contribution is -2.36. The Kier molecular flexibility index (Phi) is 7.09. The second-order valence-electron chi connectivity index (χ2n) is 6.62. The highest BCUT2D eigenvalue weighted by Gasteiger charge is 2.36. The summed E-state index contributed by atoms with van der Waals surface area (Å²) in [5, 5.41) is 10.8. The summed E-state index contributed by atoms with van der Waals surface area (Å²) < 4.78 is 5.05. The zero-order valence-electron chi connectivity index (χ0n) is 16.7. The molecule has 2 N–H and O–H groups in total. The number of anilines is 1. The molecule has 1 saturated heterocycles. The largest absolute Gasteiger partial charge is 0.482 e. The van der Waals surface area contributed by atoms with E-state index in [0.717, 1.165) is 28.6 Å². The number of carboxylic acid groups (broad SMARTS) is 1. The minimum atomic E-state index is -1.08. The van der Waals surface area contributed by atoms with Crippen molar-refractivity contribution in [2.45, 2.75) is 13.3 Å². The minimum absolute atomic E-state index is 0.198. The topological polar surface area (TPSA) is 113 Å². The van der Waals surface area contributed by atoms with Gasteiger partial charge in [0.25, 0.3) is 11.1 Å². The molecule has 0 atom stereocenters. The number of aryl methyl sites for hydroxylation is 1. The smallest absolute Gasteiger partial charge is 0.341 e. The fourth-order valence-corrected chi connectivity index (χ4v) is 3.60. The Balaban J connectivity index is 1.61. The van der Waals surface area contributed by atoms with Gasteiger partial charge >= 0.3 is 5.97 Å². The average Bonchev–Trinajstić information content (AvgIpc) is 3.01.